The molecular formula is C19H28N4O4S. The van der Waals surface area contributed by atoms with Crippen molar-refractivity contribution in [3.8, 4) is 5.75 Å². The van der Waals surface area contributed by atoms with Crippen LogP contribution in [0.1, 0.15) is 19.8 Å². The summed E-state index contributed by atoms with van der Waals surface area (Å²) in [5.41, 5.74) is 1.05. The van der Waals surface area contributed by atoms with Crippen molar-refractivity contribution in [2.24, 2.45) is 0 Å². The highest BCUT2D eigenvalue weighted by Crippen LogP contribution is 2.39. The summed E-state index contributed by atoms with van der Waals surface area (Å²) in [6.45, 7) is 4.22. The van der Waals surface area contributed by atoms with Crippen molar-refractivity contribution in [3.05, 3.63) is 12.1 Å². The molecule has 2 N–H and O–H groups in total. The number of urea groups is 1. The molecule has 2 heterocycles. The molecule has 1 aliphatic heterocycles. The van der Waals surface area contributed by atoms with Gasteiger partial charge in [0.05, 0.1) is 29.7 Å². The number of aromatic nitrogens is 1. The van der Waals surface area contributed by atoms with E-state index < -0.39 is 5.60 Å². The van der Waals surface area contributed by atoms with Crippen LogP contribution in [0.2, 0.25) is 0 Å². The average molecular weight is 409 g/mol. The summed E-state index contributed by atoms with van der Waals surface area (Å²) in [7, 11) is 5.29. The normalized spacial score (nSPS) is 16.2. The van der Waals surface area contributed by atoms with Crippen LogP contribution in [0, 0.1) is 0 Å². The number of piperidine rings is 1. The van der Waals surface area contributed by atoms with Crippen molar-refractivity contribution in [2.75, 3.05) is 57.7 Å². The average Bonchev–Trinajstić information content (AvgIpc) is 3.08. The van der Waals surface area contributed by atoms with Crippen molar-refractivity contribution in [1.82, 2.24) is 9.88 Å². The first-order chi connectivity index (χ1) is 13.3. The molecule has 0 spiro atoms. The first-order valence-electron chi connectivity index (χ1n) is 9.30. The number of nitrogens with one attached hydrogen (secondary N) is 1. The molecule has 0 radical (unpaired) electrons. The van der Waals surface area contributed by atoms with E-state index in [1.54, 1.807) is 19.1 Å². The van der Waals surface area contributed by atoms with Crippen LogP contribution in [0.15, 0.2) is 12.1 Å². The summed E-state index contributed by atoms with van der Waals surface area (Å²) in [5, 5.41) is 13.5. The van der Waals surface area contributed by atoms with E-state index in [0.717, 1.165) is 22.4 Å². The summed E-state index contributed by atoms with van der Waals surface area (Å²) < 4.78 is 11.6. The molecule has 154 valence electrons. The molecule has 0 aliphatic carbocycles. The van der Waals surface area contributed by atoms with E-state index in [9.17, 15) is 9.90 Å². The Hall–Kier alpha value is -2.10. The zero-order valence-corrected chi connectivity index (χ0v) is 17.6. The number of likely N-dealkylation sites (tertiary alicyclic amines) is 1. The molecule has 1 aromatic carbocycles. The second-order valence-electron chi connectivity index (χ2n) is 7.31. The Morgan fingerprint density at radius 2 is 2.11 bits per heavy atom. The summed E-state index contributed by atoms with van der Waals surface area (Å²) in [6, 6.07) is 3.69. The third kappa shape index (κ3) is 4.48. The highest BCUT2D eigenvalue weighted by atomic mass is 32.1. The summed E-state index contributed by atoms with van der Waals surface area (Å²) in [4.78, 5) is 21.0. The van der Waals surface area contributed by atoms with Gasteiger partial charge in [0.1, 0.15) is 11.3 Å². The number of methoxy groups -OCH3 is 2. The van der Waals surface area contributed by atoms with Gasteiger partial charge in [-0.05, 0) is 31.9 Å². The maximum absolute atomic E-state index is 12.6. The minimum absolute atomic E-state index is 0.192. The molecule has 1 saturated heterocycles. The van der Waals surface area contributed by atoms with Gasteiger partial charge < -0.3 is 24.4 Å². The van der Waals surface area contributed by atoms with E-state index in [1.807, 2.05) is 26.1 Å². The third-order valence-corrected chi connectivity index (χ3v) is 6.08. The SMILES string of the molecule is COCCN(C)c1ccc(OC)c2nc(NC(=O)N3CCC(C)(O)CC3)sc12. The van der Waals surface area contributed by atoms with E-state index in [0.29, 0.717) is 43.4 Å². The number of anilines is 2. The lowest BCUT2D eigenvalue weighted by molar-refractivity contribution is 0.00570. The molecule has 0 saturated carbocycles. The van der Waals surface area contributed by atoms with Gasteiger partial charge in [-0.1, -0.05) is 11.3 Å². The Kier molecular flexibility index (Phi) is 6.26. The van der Waals surface area contributed by atoms with Gasteiger partial charge in [0.15, 0.2) is 5.13 Å². The van der Waals surface area contributed by atoms with Crippen molar-refractivity contribution in [3.63, 3.8) is 0 Å². The Morgan fingerprint density at radius 3 is 2.75 bits per heavy atom. The Balaban J connectivity index is 1.81. The monoisotopic (exact) mass is 408 g/mol. The van der Waals surface area contributed by atoms with Gasteiger partial charge in [0.25, 0.3) is 0 Å². The molecule has 9 heteroatoms. The maximum Gasteiger partial charge on any atom is 0.323 e. The predicted molar refractivity (Wildman–Crippen MR) is 112 cm³/mol. The topological polar surface area (TPSA) is 87.2 Å². The van der Waals surface area contributed by atoms with Crippen molar-refractivity contribution >= 4 is 38.4 Å². The second kappa shape index (κ2) is 8.50. The quantitative estimate of drug-likeness (QED) is 0.764. The number of hydrogen-bond acceptors (Lipinski definition) is 7. The number of ether oxygens (including phenoxy) is 2. The highest BCUT2D eigenvalue weighted by molar-refractivity contribution is 7.23. The standard InChI is InChI=1S/C19H28N4O4S/c1-19(25)7-9-23(10-8-19)18(24)21-17-20-15-14(27-4)6-5-13(16(15)28-17)22(2)11-12-26-3/h5-6,25H,7-12H2,1-4H3,(H,20,21,24). The number of benzene rings is 1. The fourth-order valence-corrected chi connectivity index (χ4v) is 4.24. The molecule has 1 aliphatic rings. The van der Waals surface area contributed by atoms with E-state index >= 15 is 0 Å². The largest absolute Gasteiger partial charge is 0.494 e. The molecule has 0 unspecified atom stereocenters. The first-order valence-corrected chi connectivity index (χ1v) is 10.1. The third-order valence-electron chi connectivity index (χ3n) is 5.09. The number of hydrogen-bond donors (Lipinski definition) is 2. The minimum atomic E-state index is -0.693. The van der Waals surface area contributed by atoms with Crippen LogP contribution >= 0.6 is 11.3 Å². The van der Waals surface area contributed by atoms with Crippen molar-refractivity contribution in [2.45, 2.75) is 25.4 Å². The van der Waals surface area contributed by atoms with Gasteiger partial charge in [-0.15, -0.1) is 0 Å². The Bertz CT molecular complexity index is 829. The van der Waals surface area contributed by atoms with Gasteiger partial charge in [-0.2, -0.15) is 0 Å². The highest BCUT2D eigenvalue weighted by Gasteiger charge is 2.30. The lowest BCUT2D eigenvalue weighted by Gasteiger charge is -2.35. The molecule has 28 heavy (non-hydrogen) atoms. The Labute approximate surface area is 169 Å². The van der Waals surface area contributed by atoms with Crippen LogP contribution in [0.5, 0.6) is 5.75 Å². The summed E-state index contributed by atoms with van der Waals surface area (Å²) in [6.07, 6.45) is 1.14. The van der Waals surface area contributed by atoms with Gasteiger partial charge in [0, 0.05) is 33.8 Å². The number of thiazole rings is 1. The fraction of sp³-hybridized carbons (Fsp3) is 0.579. The Morgan fingerprint density at radius 1 is 1.39 bits per heavy atom. The summed E-state index contributed by atoms with van der Waals surface area (Å²) >= 11 is 1.43. The number of fused-ring (bicyclic) bond motifs is 1. The van der Waals surface area contributed by atoms with E-state index in [-0.39, 0.29) is 6.03 Å². The van der Waals surface area contributed by atoms with Gasteiger partial charge in [-0.3, -0.25) is 5.32 Å². The number of rotatable bonds is 6. The number of aliphatic hydroxyl groups is 1. The van der Waals surface area contributed by atoms with Gasteiger partial charge in [0.2, 0.25) is 0 Å². The van der Waals surface area contributed by atoms with Crippen LogP contribution in [0.25, 0.3) is 10.2 Å². The summed E-state index contributed by atoms with van der Waals surface area (Å²) in [5.74, 6) is 0.671. The molecule has 0 atom stereocenters. The van der Waals surface area contributed by atoms with Crippen molar-refractivity contribution in [1.29, 1.82) is 0 Å². The lowest BCUT2D eigenvalue weighted by atomic mass is 9.94. The molecule has 3 rings (SSSR count). The molecular weight excluding hydrogens is 380 g/mol. The van der Waals surface area contributed by atoms with E-state index in [4.69, 9.17) is 9.47 Å². The van der Waals surface area contributed by atoms with Crippen LogP contribution < -0.4 is 15.0 Å². The molecule has 1 aromatic heterocycles. The smallest absolute Gasteiger partial charge is 0.323 e. The first kappa shape index (κ1) is 20.6. The van der Waals surface area contributed by atoms with Gasteiger partial charge in [-0.25, -0.2) is 9.78 Å². The zero-order valence-electron chi connectivity index (χ0n) is 16.8. The van der Waals surface area contributed by atoms with Crippen LogP contribution in [-0.2, 0) is 4.74 Å². The zero-order chi connectivity index (χ0) is 20.3. The minimum Gasteiger partial charge on any atom is -0.494 e. The van der Waals surface area contributed by atoms with Crippen LogP contribution in [0.4, 0.5) is 15.6 Å². The number of likely N-dealkylation sites (N-methyl/N-ethyl adjacent to an activating group) is 1. The van der Waals surface area contributed by atoms with Crippen LogP contribution in [-0.4, -0.2) is 74.1 Å². The number of amides is 2. The number of carbonyl (C=O) groups is 1. The molecule has 1 fully saturated rings. The molecule has 8 nitrogen and oxygen atoms in total. The van der Waals surface area contributed by atoms with E-state index in [1.165, 1.54) is 11.3 Å². The number of nitrogens with zero attached hydrogens (tertiary/aromatic N) is 3. The second-order valence-corrected chi connectivity index (χ2v) is 8.31. The lowest BCUT2D eigenvalue weighted by Crippen LogP contribution is -2.46. The maximum atomic E-state index is 12.6. The molecule has 2 amide bonds. The van der Waals surface area contributed by atoms with E-state index in [2.05, 4.69) is 15.2 Å². The molecule has 2 aromatic rings. The van der Waals surface area contributed by atoms with Gasteiger partial charge >= 0.3 is 6.03 Å². The predicted octanol–water partition coefficient (Wildman–Crippen LogP) is 2.77. The number of carbonyl (C=O) groups excluding carboxylic acids is 1. The van der Waals surface area contributed by atoms with Crippen molar-refractivity contribution < 1.29 is 19.4 Å². The molecule has 0 bridgehead atoms. The van der Waals surface area contributed by atoms with Crippen LogP contribution in [0.3, 0.4) is 0 Å². The fourth-order valence-electron chi connectivity index (χ4n) is 3.20.